The molecule has 0 spiro atoms. The summed E-state index contributed by atoms with van der Waals surface area (Å²) in [6.45, 7) is 0. The molecule has 0 saturated carbocycles. The van der Waals surface area contributed by atoms with Gasteiger partial charge in [0.25, 0.3) is 0 Å². The number of H-pyrrole nitrogens is 1. The lowest BCUT2D eigenvalue weighted by Crippen LogP contribution is -1.95. The van der Waals surface area contributed by atoms with E-state index in [1.54, 1.807) is 14.2 Å². The molecule has 0 amide bonds. The van der Waals surface area contributed by atoms with Gasteiger partial charge in [-0.25, -0.2) is 0 Å². The number of aromatic nitrogens is 2. The number of nitrogens with one attached hydrogen (secondary N) is 1. The van der Waals surface area contributed by atoms with Gasteiger partial charge in [-0.15, -0.1) is 0 Å². The van der Waals surface area contributed by atoms with E-state index in [9.17, 15) is 0 Å². The van der Waals surface area contributed by atoms with Crippen molar-refractivity contribution in [3.63, 3.8) is 0 Å². The molecule has 0 aliphatic heterocycles. The fourth-order valence-corrected chi connectivity index (χ4v) is 3.15. The van der Waals surface area contributed by atoms with Gasteiger partial charge in [-0.05, 0) is 53.0 Å². The summed E-state index contributed by atoms with van der Waals surface area (Å²) in [6.07, 6.45) is 0. The number of halogens is 1. The van der Waals surface area contributed by atoms with E-state index in [2.05, 4.69) is 33.6 Å². The molecule has 0 atom stereocenters. The molecule has 3 aromatic rings. The van der Waals surface area contributed by atoms with Gasteiger partial charge >= 0.3 is 0 Å². The van der Waals surface area contributed by atoms with E-state index in [1.165, 1.54) is 0 Å². The Bertz CT molecular complexity index is 870. The summed E-state index contributed by atoms with van der Waals surface area (Å²) in [5.41, 5.74) is 2.89. The Morgan fingerprint density at radius 1 is 1.10 bits per heavy atom. The van der Waals surface area contributed by atoms with E-state index in [0.29, 0.717) is 16.3 Å². The van der Waals surface area contributed by atoms with Crippen LogP contribution in [0.1, 0.15) is 0 Å². The van der Waals surface area contributed by atoms with E-state index in [-0.39, 0.29) is 0 Å². The van der Waals surface area contributed by atoms with Crippen molar-refractivity contribution in [2.75, 3.05) is 14.2 Å². The highest BCUT2D eigenvalue weighted by atomic mass is 127. The van der Waals surface area contributed by atoms with Crippen LogP contribution in [0.15, 0.2) is 36.4 Å². The maximum Gasteiger partial charge on any atom is 0.182 e. The van der Waals surface area contributed by atoms with E-state index < -0.39 is 0 Å². The van der Waals surface area contributed by atoms with Crippen LogP contribution in [0.3, 0.4) is 0 Å². The molecule has 108 valence electrons. The average molecular weight is 412 g/mol. The molecule has 0 unspecified atom stereocenters. The fourth-order valence-electron chi connectivity index (χ4n) is 2.31. The van der Waals surface area contributed by atoms with Crippen LogP contribution in [-0.2, 0) is 0 Å². The highest BCUT2D eigenvalue weighted by Crippen LogP contribution is 2.33. The second-order valence-corrected chi connectivity index (χ2v) is 6.10. The van der Waals surface area contributed by atoms with Gasteiger partial charge in [-0.3, -0.25) is 4.57 Å². The minimum atomic E-state index is 0.641. The molecule has 2 aromatic carbocycles. The van der Waals surface area contributed by atoms with Gasteiger partial charge in [-0.1, -0.05) is 6.07 Å². The minimum absolute atomic E-state index is 0.641. The maximum absolute atomic E-state index is 5.46. The number of hydrogen-bond donors (Lipinski definition) is 1. The number of rotatable bonds is 3. The third kappa shape index (κ3) is 2.53. The van der Waals surface area contributed by atoms with Gasteiger partial charge in [-0.2, -0.15) is 0 Å². The molecule has 0 radical (unpaired) electrons. The third-order valence-corrected chi connectivity index (χ3v) is 4.21. The van der Waals surface area contributed by atoms with Gasteiger partial charge in [0.1, 0.15) is 0 Å². The van der Waals surface area contributed by atoms with E-state index >= 15 is 0 Å². The first-order chi connectivity index (χ1) is 10.1. The minimum Gasteiger partial charge on any atom is -0.493 e. The third-order valence-electron chi connectivity index (χ3n) is 3.25. The van der Waals surface area contributed by atoms with Crippen LogP contribution in [0.4, 0.5) is 0 Å². The van der Waals surface area contributed by atoms with Crippen LogP contribution in [-0.4, -0.2) is 23.8 Å². The zero-order valence-corrected chi connectivity index (χ0v) is 14.5. The quantitative estimate of drug-likeness (QED) is 0.515. The lowest BCUT2D eigenvalue weighted by atomic mass is 10.2. The number of aromatic amines is 1. The largest absolute Gasteiger partial charge is 0.493 e. The molecule has 6 heteroatoms. The fraction of sp³-hybridized carbons (Fsp3) is 0.133. The number of benzene rings is 2. The summed E-state index contributed by atoms with van der Waals surface area (Å²) < 4.78 is 14.5. The van der Waals surface area contributed by atoms with Gasteiger partial charge in [0.2, 0.25) is 0 Å². The normalized spacial score (nSPS) is 10.8. The number of nitrogens with zero attached hydrogens (tertiary/aromatic N) is 1. The second kappa shape index (κ2) is 5.69. The molecule has 21 heavy (non-hydrogen) atoms. The standard InChI is InChI=1S/C15H13IN2O2S/c1-19-13-7-11-12(8-14(13)20-2)18(15(21)17-11)10-5-3-4-9(16)6-10/h3-8H,1-2H3,(H,17,21). The van der Waals surface area contributed by atoms with Crippen molar-refractivity contribution >= 4 is 45.8 Å². The van der Waals surface area contributed by atoms with Crippen molar-refractivity contribution in [3.05, 3.63) is 44.7 Å². The van der Waals surface area contributed by atoms with Gasteiger partial charge < -0.3 is 14.5 Å². The van der Waals surface area contributed by atoms with Crippen molar-refractivity contribution in [1.82, 2.24) is 9.55 Å². The summed E-state index contributed by atoms with van der Waals surface area (Å²) >= 11 is 7.75. The van der Waals surface area contributed by atoms with Crippen molar-refractivity contribution in [2.24, 2.45) is 0 Å². The van der Waals surface area contributed by atoms with E-state index in [4.69, 9.17) is 21.7 Å². The zero-order valence-electron chi connectivity index (χ0n) is 11.5. The first-order valence-electron chi connectivity index (χ1n) is 6.26. The topological polar surface area (TPSA) is 39.2 Å². The molecule has 1 heterocycles. The number of ether oxygens (including phenoxy) is 2. The number of fused-ring (bicyclic) bond motifs is 1. The lowest BCUT2D eigenvalue weighted by Gasteiger charge is -2.09. The van der Waals surface area contributed by atoms with Crippen molar-refractivity contribution in [3.8, 4) is 17.2 Å². The van der Waals surface area contributed by atoms with Crippen LogP contribution >= 0.6 is 34.8 Å². The molecule has 3 rings (SSSR count). The number of methoxy groups -OCH3 is 2. The van der Waals surface area contributed by atoms with Crippen LogP contribution in [0.25, 0.3) is 16.7 Å². The molecule has 1 N–H and O–H groups in total. The molecular formula is C15H13IN2O2S. The van der Waals surface area contributed by atoms with E-state index in [1.807, 2.05) is 34.9 Å². The van der Waals surface area contributed by atoms with Crippen LogP contribution < -0.4 is 9.47 Å². The predicted octanol–water partition coefficient (Wildman–Crippen LogP) is 4.31. The monoisotopic (exact) mass is 412 g/mol. The Labute approximate surface area is 140 Å². The smallest absolute Gasteiger partial charge is 0.182 e. The van der Waals surface area contributed by atoms with Crippen LogP contribution in [0.2, 0.25) is 0 Å². The molecule has 0 bridgehead atoms. The highest BCUT2D eigenvalue weighted by molar-refractivity contribution is 14.1. The summed E-state index contributed by atoms with van der Waals surface area (Å²) in [5.74, 6) is 1.36. The first-order valence-corrected chi connectivity index (χ1v) is 7.75. The summed E-state index contributed by atoms with van der Waals surface area (Å²) in [7, 11) is 3.25. The van der Waals surface area contributed by atoms with Crippen molar-refractivity contribution < 1.29 is 9.47 Å². The SMILES string of the molecule is COc1cc2[nH]c(=S)n(-c3cccc(I)c3)c2cc1OC. The average Bonchev–Trinajstić information content (AvgIpc) is 2.80. The Morgan fingerprint density at radius 2 is 1.81 bits per heavy atom. The Morgan fingerprint density at radius 3 is 2.48 bits per heavy atom. The molecule has 4 nitrogen and oxygen atoms in total. The summed E-state index contributed by atoms with van der Waals surface area (Å²) in [6, 6.07) is 12.0. The van der Waals surface area contributed by atoms with Gasteiger partial charge in [0.15, 0.2) is 16.3 Å². The summed E-state index contributed by atoms with van der Waals surface area (Å²) in [5, 5.41) is 0. The Hall–Kier alpha value is -1.54. The second-order valence-electron chi connectivity index (χ2n) is 4.47. The van der Waals surface area contributed by atoms with Gasteiger partial charge in [0, 0.05) is 21.4 Å². The highest BCUT2D eigenvalue weighted by Gasteiger charge is 2.12. The van der Waals surface area contributed by atoms with Crippen molar-refractivity contribution in [2.45, 2.75) is 0 Å². The Kier molecular flexibility index (Phi) is 3.90. The van der Waals surface area contributed by atoms with E-state index in [0.717, 1.165) is 20.3 Å². The predicted molar refractivity (Wildman–Crippen MR) is 94.3 cm³/mol. The van der Waals surface area contributed by atoms with Crippen LogP contribution in [0.5, 0.6) is 11.5 Å². The molecule has 0 aliphatic carbocycles. The lowest BCUT2D eigenvalue weighted by molar-refractivity contribution is 0.355. The van der Waals surface area contributed by atoms with Gasteiger partial charge in [0.05, 0.1) is 25.3 Å². The molecule has 1 aromatic heterocycles. The first kappa shape index (κ1) is 14.4. The number of imidazole rings is 1. The van der Waals surface area contributed by atoms with Crippen molar-refractivity contribution in [1.29, 1.82) is 0 Å². The number of hydrogen-bond acceptors (Lipinski definition) is 3. The molecule has 0 fully saturated rings. The molecule has 0 aliphatic rings. The summed E-state index contributed by atoms with van der Waals surface area (Å²) in [4.78, 5) is 3.21. The molecular weight excluding hydrogens is 399 g/mol. The maximum atomic E-state index is 5.46. The zero-order chi connectivity index (χ0) is 15.0. The van der Waals surface area contributed by atoms with Crippen LogP contribution in [0, 0.1) is 8.34 Å². The molecule has 0 saturated heterocycles. The Balaban J connectivity index is 2.33.